The molecule has 2 aliphatic rings. The number of fused-ring (bicyclic) bond motifs is 3. The van der Waals surface area contributed by atoms with Crippen LogP contribution in [0.3, 0.4) is 0 Å². The lowest BCUT2D eigenvalue weighted by molar-refractivity contribution is -0.0191. The summed E-state index contributed by atoms with van der Waals surface area (Å²) < 4.78 is 5.26. The van der Waals surface area contributed by atoms with Gasteiger partial charge in [0, 0.05) is 19.1 Å². The molecule has 0 bridgehead atoms. The Hall–Kier alpha value is -1.26. The van der Waals surface area contributed by atoms with E-state index in [0.717, 1.165) is 32.4 Å². The number of aromatic hydroxyl groups is 1. The zero-order valence-corrected chi connectivity index (χ0v) is 13.7. The van der Waals surface area contributed by atoms with Crippen LogP contribution < -0.4 is 4.74 Å². The largest absolute Gasteiger partial charge is 0.504 e. The number of benzene rings is 1. The molecule has 4 heteroatoms. The first-order valence-electron chi connectivity index (χ1n) is 8.31. The third-order valence-electron chi connectivity index (χ3n) is 5.16. The highest BCUT2D eigenvalue weighted by Crippen LogP contribution is 2.43. The number of rotatable bonds is 3. The number of piperidine rings is 1. The number of methoxy groups -OCH3 is 1. The van der Waals surface area contributed by atoms with Crippen molar-refractivity contribution < 1.29 is 14.9 Å². The second-order valence-corrected chi connectivity index (χ2v) is 7.18. The molecule has 122 valence electrons. The minimum Gasteiger partial charge on any atom is -0.504 e. The summed E-state index contributed by atoms with van der Waals surface area (Å²) >= 11 is 0. The molecule has 2 heterocycles. The number of aliphatic hydroxyl groups excluding tert-OH is 1. The minimum absolute atomic E-state index is 0.212. The van der Waals surface area contributed by atoms with Crippen LogP contribution in [0.2, 0.25) is 0 Å². The van der Waals surface area contributed by atoms with Crippen molar-refractivity contribution in [2.24, 2.45) is 11.8 Å². The first-order chi connectivity index (χ1) is 10.5. The molecule has 3 atom stereocenters. The van der Waals surface area contributed by atoms with Gasteiger partial charge in [-0.2, -0.15) is 0 Å². The molecule has 3 rings (SSSR count). The second-order valence-electron chi connectivity index (χ2n) is 7.18. The molecule has 0 unspecified atom stereocenters. The molecule has 0 radical (unpaired) electrons. The van der Waals surface area contributed by atoms with Gasteiger partial charge in [0.15, 0.2) is 11.5 Å². The number of hydrogen-bond donors (Lipinski definition) is 2. The molecule has 4 nitrogen and oxygen atoms in total. The summed E-state index contributed by atoms with van der Waals surface area (Å²) in [6, 6.07) is 4.03. The number of phenols is 1. The number of aliphatic hydroxyl groups is 1. The average molecular weight is 305 g/mol. The summed E-state index contributed by atoms with van der Waals surface area (Å²) in [7, 11) is 1.58. The van der Waals surface area contributed by atoms with E-state index in [1.54, 1.807) is 7.11 Å². The van der Waals surface area contributed by atoms with Crippen molar-refractivity contribution >= 4 is 0 Å². The fourth-order valence-corrected chi connectivity index (χ4v) is 4.11. The third-order valence-corrected chi connectivity index (χ3v) is 5.16. The van der Waals surface area contributed by atoms with Crippen molar-refractivity contribution in [2.75, 3.05) is 20.2 Å². The quantitative estimate of drug-likeness (QED) is 0.901. The fourth-order valence-electron chi connectivity index (χ4n) is 4.11. The zero-order valence-electron chi connectivity index (χ0n) is 13.7. The van der Waals surface area contributed by atoms with Crippen molar-refractivity contribution in [3.8, 4) is 11.5 Å². The number of phenolic OH excluding ortho intramolecular Hbond substituents is 1. The van der Waals surface area contributed by atoms with E-state index in [-0.39, 0.29) is 17.9 Å². The van der Waals surface area contributed by atoms with Crippen LogP contribution in [0.4, 0.5) is 0 Å². The molecule has 0 spiro atoms. The SMILES string of the molecule is COc1cc2c(cc1O)CCN1C[C@@H](CC(C)C)[C@@H](O)C[C@@H]21. The van der Waals surface area contributed by atoms with Crippen LogP contribution in [-0.4, -0.2) is 41.4 Å². The average Bonchev–Trinajstić information content (AvgIpc) is 2.47. The highest BCUT2D eigenvalue weighted by Gasteiger charge is 2.38. The first kappa shape index (κ1) is 15.6. The highest BCUT2D eigenvalue weighted by molar-refractivity contribution is 5.48. The number of ether oxygens (including phenoxy) is 1. The van der Waals surface area contributed by atoms with Gasteiger partial charge in [0.1, 0.15) is 0 Å². The Morgan fingerprint density at radius 1 is 1.36 bits per heavy atom. The standard InChI is InChI=1S/C18H27NO3/c1-11(2)6-13-10-19-5-4-12-7-17(21)18(22-3)8-14(12)15(19)9-16(13)20/h7-8,11,13,15-16,20-21H,4-6,9-10H2,1-3H3/t13-,15+,16+/m1/s1. The van der Waals surface area contributed by atoms with Gasteiger partial charge in [-0.05, 0) is 54.4 Å². The maximum atomic E-state index is 10.6. The summed E-state index contributed by atoms with van der Waals surface area (Å²) in [4.78, 5) is 2.50. The molecule has 0 aromatic heterocycles. The summed E-state index contributed by atoms with van der Waals surface area (Å²) in [5.41, 5.74) is 2.40. The van der Waals surface area contributed by atoms with E-state index in [2.05, 4.69) is 18.7 Å². The molecular formula is C18H27NO3. The van der Waals surface area contributed by atoms with Gasteiger partial charge in [-0.25, -0.2) is 0 Å². The van der Waals surface area contributed by atoms with E-state index in [4.69, 9.17) is 4.74 Å². The molecule has 1 aromatic carbocycles. The highest BCUT2D eigenvalue weighted by atomic mass is 16.5. The Balaban J connectivity index is 1.86. The van der Waals surface area contributed by atoms with Crippen molar-refractivity contribution in [3.05, 3.63) is 23.3 Å². The van der Waals surface area contributed by atoms with Crippen LogP contribution in [0.15, 0.2) is 12.1 Å². The van der Waals surface area contributed by atoms with Crippen LogP contribution >= 0.6 is 0 Å². The van der Waals surface area contributed by atoms with Gasteiger partial charge >= 0.3 is 0 Å². The van der Waals surface area contributed by atoms with Gasteiger partial charge in [0.05, 0.1) is 13.2 Å². The molecule has 1 fully saturated rings. The Morgan fingerprint density at radius 3 is 2.82 bits per heavy atom. The van der Waals surface area contributed by atoms with Gasteiger partial charge in [0.2, 0.25) is 0 Å². The number of hydrogen-bond acceptors (Lipinski definition) is 4. The molecule has 2 aliphatic heterocycles. The lowest BCUT2D eigenvalue weighted by Gasteiger charge is -2.46. The summed E-state index contributed by atoms with van der Waals surface area (Å²) in [5.74, 6) is 1.73. The monoisotopic (exact) mass is 305 g/mol. The van der Waals surface area contributed by atoms with Crippen molar-refractivity contribution in [3.63, 3.8) is 0 Å². The Labute approximate surface area is 132 Å². The Kier molecular flexibility index (Phi) is 4.33. The van der Waals surface area contributed by atoms with Gasteiger partial charge in [0.25, 0.3) is 0 Å². The molecule has 0 aliphatic carbocycles. The van der Waals surface area contributed by atoms with Crippen molar-refractivity contribution in [1.29, 1.82) is 0 Å². The maximum absolute atomic E-state index is 10.6. The summed E-state index contributed by atoms with van der Waals surface area (Å²) in [6.45, 7) is 6.41. The summed E-state index contributed by atoms with van der Waals surface area (Å²) in [5, 5.41) is 20.5. The lowest BCUT2D eigenvalue weighted by atomic mass is 9.79. The van der Waals surface area contributed by atoms with Crippen LogP contribution in [-0.2, 0) is 6.42 Å². The molecule has 0 saturated carbocycles. The topological polar surface area (TPSA) is 52.9 Å². The third kappa shape index (κ3) is 2.82. The maximum Gasteiger partial charge on any atom is 0.160 e. The van der Waals surface area contributed by atoms with Crippen LogP contribution in [0.5, 0.6) is 11.5 Å². The van der Waals surface area contributed by atoms with Crippen LogP contribution in [0.1, 0.15) is 43.9 Å². The lowest BCUT2D eigenvalue weighted by Crippen LogP contribution is -2.48. The normalized spacial score (nSPS) is 28.3. The van der Waals surface area contributed by atoms with Gasteiger partial charge < -0.3 is 14.9 Å². The molecule has 1 saturated heterocycles. The molecule has 22 heavy (non-hydrogen) atoms. The van der Waals surface area contributed by atoms with E-state index in [1.165, 1.54) is 11.1 Å². The molecule has 2 N–H and O–H groups in total. The van der Waals surface area contributed by atoms with Gasteiger partial charge in [-0.1, -0.05) is 13.8 Å². The smallest absolute Gasteiger partial charge is 0.160 e. The van der Waals surface area contributed by atoms with Gasteiger partial charge in [-0.15, -0.1) is 0 Å². The van der Waals surface area contributed by atoms with E-state index < -0.39 is 0 Å². The predicted molar refractivity (Wildman–Crippen MR) is 86.2 cm³/mol. The minimum atomic E-state index is -0.241. The van der Waals surface area contributed by atoms with Crippen molar-refractivity contribution in [2.45, 2.75) is 45.3 Å². The van der Waals surface area contributed by atoms with Crippen LogP contribution in [0, 0.1) is 11.8 Å². The zero-order chi connectivity index (χ0) is 15.9. The Morgan fingerprint density at radius 2 is 2.14 bits per heavy atom. The van der Waals surface area contributed by atoms with E-state index in [1.807, 2.05) is 12.1 Å². The molecule has 1 aromatic rings. The molecule has 0 amide bonds. The predicted octanol–water partition coefficient (Wildman–Crippen LogP) is 2.73. The van der Waals surface area contributed by atoms with Gasteiger partial charge in [-0.3, -0.25) is 4.90 Å². The van der Waals surface area contributed by atoms with E-state index >= 15 is 0 Å². The fraction of sp³-hybridized carbons (Fsp3) is 0.667. The first-order valence-corrected chi connectivity index (χ1v) is 8.31. The van der Waals surface area contributed by atoms with E-state index in [0.29, 0.717) is 17.6 Å². The van der Waals surface area contributed by atoms with Crippen molar-refractivity contribution in [1.82, 2.24) is 4.90 Å². The molecular weight excluding hydrogens is 278 g/mol. The van der Waals surface area contributed by atoms with Crippen LogP contribution in [0.25, 0.3) is 0 Å². The summed E-state index contributed by atoms with van der Waals surface area (Å²) in [6.07, 6.45) is 2.57. The Bertz CT molecular complexity index is 543. The van der Waals surface area contributed by atoms with E-state index in [9.17, 15) is 10.2 Å². The second kappa shape index (κ2) is 6.09. The number of nitrogens with zero attached hydrogens (tertiary/aromatic N) is 1.